The van der Waals surface area contributed by atoms with Crippen LogP contribution in [0.4, 0.5) is 19.3 Å². The molecule has 0 spiro atoms. The molecule has 2 aliphatic rings. The number of carbonyl (C=O) groups excluding carboxylic acids is 2. The summed E-state index contributed by atoms with van der Waals surface area (Å²) in [5, 5.41) is 0. The van der Waals surface area contributed by atoms with E-state index in [1.165, 1.54) is 25.1 Å². The first-order valence-electron chi connectivity index (χ1n) is 13.9. The fourth-order valence-electron chi connectivity index (χ4n) is 3.79. The lowest BCUT2D eigenvalue weighted by Gasteiger charge is -2.27. The molecule has 3 rings (SSSR count). The molecule has 2 unspecified atom stereocenters. The average molecular weight is 616 g/mol. The zero-order valence-electron chi connectivity index (χ0n) is 25.8. The highest BCUT2D eigenvalue weighted by Gasteiger charge is 2.34. The summed E-state index contributed by atoms with van der Waals surface area (Å²) >= 11 is 0. The maximum atomic E-state index is 15.1. The first-order chi connectivity index (χ1) is 20.0. The second-order valence-electron chi connectivity index (χ2n) is 9.03. The normalized spacial score (nSPS) is 18.3. The third-order valence-electron chi connectivity index (χ3n) is 5.80. The molecular formula is C29H44F2N3O7P. The van der Waals surface area contributed by atoms with Crippen molar-refractivity contribution in [2.75, 3.05) is 58.6 Å². The van der Waals surface area contributed by atoms with Crippen LogP contribution in [0.15, 0.2) is 35.4 Å². The van der Waals surface area contributed by atoms with Gasteiger partial charge in [-0.15, -0.1) is 0 Å². The van der Waals surface area contributed by atoms with E-state index < -0.39 is 43.9 Å². The van der Waals surface area contributed by atoms with Crippen LogP contribution in [-0.4, -0.2) is 82.6 Å². The van der Waals surface area contributed by atoms with Gasteiger partial charge in [0, 0.05) is 39.5 Å². The summed E-state index contributed by atoms with van der Waals surface area (Å²) in [6.45, 7) is 11.3. The van der Waals surface area contributed by atoms with Gasteiger partial charge in [-0.25, -0.2) is 13.6 Å². The van der Waals surface area contributed by atoms with Crippen LogP contribution in [0.1, 0.15) is 53.0 Å². The number of ether oxygens (including phenoxy) is 2. The molecule has 1 aromatic carbocycles. The van der Waals surface area contributed by atoms with Crippen molar-refractivity contribution in [1.29, 1.82) is 0 Å². The monoisotopic (exact) mass is 615 g/mol. The van der Waals surface area contributed by atoms with Crippen LogP contribution in [0.25, 0.3) is 5.57 Å². The third kappa shape index (κ3) is 11.0. The quantitative estimate of drug-likeness (QED) is 0.178. The van der Waals surface area contributed by atoms with E-state index in [4.69, 9.17) is 18.5 Å². The van der Waals surface area contributed by atoms with Gasteiger partial charge in [0.15, 0.2) is 6.10 Å². The van der Waals surface area contributed by atoms with E-state index in [0.717, 1.165) is 17.0 Å². The Morgan fingerprint density at radius 3 is 2.36 bits per heavy atom. The lowest BCUT2D eigenvalue weighted by atomic mass is 9.97. The lowest BCUT2D eigenvalue weighted by Crippen LogP contribution is -2.37. The largest absolute Gasteiger partial charge is 0.474 e. The summed E-state index contributed by atoms with van der Waals surface area (Å²) in [4.78, 5) is 31.2. The number of hydrogen-bond acceptors (Lipinski definition) is 8. The number of amides is 2. The molecule has 1 fully saturated rings. The molecule has 2 heterocycles. The van der Waals surface area contributed by atoms with Gasteiger partial charge in [-0.3, -0.25) is 23.8 Å². The fraction of sp³-hybridized carbons (Fsp3) is 0.552. The molecule has 0 bridgehead atoms. The average Bonchev–Trinajstić information content (AvgIpc) is 3.35. The summed E-state index contributed by atoms with van der Waals surface area (Å²) in [5.41, 5.74) is 0.207. The van der Waals surface area contributed by atoms with Crippen LogP contribution in [0.2, 0.25) is 0 Å². The summed E-state index contributed by atoms with van der Waals surface area (Å²) in [5.74, 6) is -1.72. The highest BCUT2D eigenvalue weighted by Crippen LogP contribution is 2.42. The molecule has 42 heavy (non-hydrogen) atoms. The van der Waals surface area contributed by atoms with Crippen molar-refractivity contribution in [3.05, 3.63) is 47.6 Å². The molecule has 236 valence electrons. The molecule has 0 saturated carbocycles. The smallest absolute Gasteiger partial charge is 0.414 e. The van der Waals surface area contributed by atoms with E-state index >= 15 is 8.78 Å². The molecule has 0 N–H and O–H groups in total. The van der Waals surface area contributed by atoms with Crippen LogP contribution < -0.4 is 4.90 Å². The number of carbonyl (C=O) groups is 2. The van der Waals surface area contributed by atoms with E-state index in [9.17, 15) is 14.2 Å². The first-order valence-corrected chi connectivity index (χ1v) is 15.9. The number of cyclic esters (lactones) is 1. The number of aliphatic imine (C=N–C) groups is 1. The Hall–Kier alpha value is -3.08. The number of rotatable bonds is 9. The predicted molar refractivity (Wildman–Crippen MR) is 161 cm³/mol. The zero-order valence-corrected chi connectivity index (χ0v) is 26.7. The molecule has 13 heteroatoms. The van der Waals surface area contributed by atoms with Crippen molar-refractivity contribution in [3.8, 4) is 0 Å². The van der Waals surface area contributed by atoms with Gasteiger partial charge in [0.2, 0.25) is 11.8 Å². The van der Waals surface area contributed by atoms with Gasteiger partial charge >= 0.3 is 13.7 Å². The minimum atomic E-state index is -3.30. The minimum absolute atomic E-state index is 0.0246. The van der Waals surface area contributed by atoms with Crippen LogP contribution in [0.3, 0.4) is 0 Å². The van der Waals surface area contributed by atoms with E-state index in [1.54, 1.807) is 25.3 Å². The highest BCUT2D eigenvalue weighted by molar-refractivity contribution is 7.52. The van der Waals surface area contributed by atoms with Gasteiger partial charge in [0.25, 0.3) is 0 Å². The topological polar surface area (TPSA) is 107 Å². The van der Waals surface area contributed by atoms with Gasteiger partial charge in [0.05, 0.1) is 12.2 Å². The number of allylic oxidation sites excluding steroid dienone is 1. The molecule has 0 radical (unpaired) electrons. The minimum Gasteiger partial charge on any atom is -0.474 e. The van der Waals surface area contributed by atoms with Crippen LogP contribution in [0, 0.1) is 11.6 Å². The summed E-state index contributed by atoms with van der Waals surface area (Å²) in [7, 11) is -0.516. The number of hydrogen-bond donors (Lipinski definition) is 0. The van der Waals surface area contributed by atoms with Crippen molar-refractivity contribution in [3.63, 3.8) is 0 Å². The molecule has 1 aromatic rings. The van der Waals surface area contributed by atoms with E-state index in [-0.39, 0.29) is 43.9 Å². The standard InChI is InChI=1S/C24H30F2N3O7P.C3H8.C2H6/c1-5-6-21(27-2)34-14-18-13-29(24(31)36-18)17-11-19(25)23(20(26)12-17)16-7-9-28(10-8-16)22(30)15-35-37(4,32)33-3;1-3-2;1-2/h5-7,11-12,18H,8-10,13-15H2,1-4H3;3H2,1-2H3;1-2H3/b6-5-,27-21?;;. The fourth-order valence-corrected chi connectivity index (χ4v) is 4.24. The maximum absolute atomic E-state index is 15.1. The van der Waals surface area contributed by atoms with Crippen molar-refractivity contribution in [2.45, 2.75) is 53.6 Å². The Bertz CT molecular complexity index is 1170. The highest BCUT2D eigenvalue weighted by atomic mass is 31.2. The maximum Gasteiger partial charge on any atom is 0.414 e. The molecule has 0 aliphatic carbocycles. The van der Waals surface area contributed by atoms with E-state index in [1.807, 2.05) is 20.8 Å². The number of halogens is 2. The third-order valence-corrected chi connectivity index (χ3v) is 7.06. The van der Waals surface area contributed by atoms with Crippen LogP contribution in [0.5, 0.6) is 0 Å². The van der Waals surface area contributed by atoms with Gasteiger partial charge in [-0.1, -0.05) is 46.3 Å². The molecule has 2 amide bonds. The van der Waals surface area contributed by atoms with Crippen molar-refractivity contribution < 1.29 is 41.5 Å². The Morgan fingerprint density at radius 2 is 1.86 bits per heavy atom. The second kappa shape index (κ2) is 18.5. The SMILES string of the molecule is C/C=C\C(=NC)OCC1CN(c2cc(F)c(C3=CCN(C(=O)COP(C)(=O)OC)CC3)c(F)c2)C(=O)O1.CC.CCC. The van der Waals surface area contributed by atoms with Gasteiger partial charge in [0.1, 0.15) is 24.8 Å². The number of anilines is 1. The molecule has 1 saturated heterocycles. The molecule has 2 atom stereocenters. The number of benzene rings is 1. The molecular weight excluding hydrogens is 571 g/mol. The van der Waals surface area contributed by atoms with E-state index in [2.05, 4.69) is 18.8 Å². The van der Waals surface area contributed by atoms with E-state index in [0.29, 0.717) is 11.5 Å². The molecule has 0 aromatic heterocycles. The second-order valence-corrected chi connectivity index (χ2v) is 11.2. The first kappa shape index (κ1) is 36.9. The summed E-state index contributed by atoms with van der Waals surface area (Å²) in [6, 6.07) is 2.16. The summed E-state index contributed by atoms with van der Waals surface area (Å²) < 4.78 is 62.4. The van der Waals surface area contributed by atoms with Crippen molar-refractivity contribution in [1.82, 2.24) is 4.90 Å². The van der Waals surface area contributed by atoms with Crippen molar-refractivity contribution in [2.24, 2.45) is 4.99 Å². The Balaban J connectivity index is 0.00000165. The predicted octanol–water partition coefficient (Wildman–Crippen LogP) is 6.46. The molecule has 10 nitrogen and oxygen atoms in total. The van der Waals surface area contributed by atoms with Gasteiger partial charge < -0.3 is 18.9 Å². The molecule has 2 aliphatic heterocycles. The van der Waals surface area contributed by atoms with Crippen molar-refractivity contribution >= 4 is 36.8 Å². The Labute approximate surface area is 247 Å². The lowest BCUT2D eigenvalue weighted by molar-refractivity contribution is -0.133. The zero-order chi connectivity index (χ0) is 31.9. The summed E-state index contributed by atoms with van der Waals surface area (Å²) in [6.07, 6.45) is 5.04. The number of nitrogens with zero attached hydrogens (tertiary/aromatic N) is 3. The Morgan fingerprint density at radius 1 is 1.24 bits per heavy atom. The van der Waals surface area contributed by atoms with Gasteiger partial charge in [-0.05, 0) is 37.1 Å². The van der Waals surface area contributed by atoms with Crippen LogP contribution in [-0.2, 0) is 27.9 Å². The Kier molecular flexibility index (Phi) is 16.2. The van der Waals surface area contributed by atoms with Gasteiger partial charge in [-0.2, -0.15) is 0 Å². The van der Waals surface area contributed by atoms with Crippen LogP contribution >= 0.6 is 7.60 Å².